The van der Waals surface area contributed by atoms with E-state index in [1.807, 2.05) is 47.3 Å². The Kier molecular flexibility index (Phi) is 8.11. The second kappa shape index (κ2) is 10.3. The first kappa shape index (κ1) is 20.4. The number of aliphatic imine (C=N–C) groups is 1. The molecule has 0 bridgehead atoms. The fourth-order valence-corrected chi connectivity index (χ4v) is 3.28. The van der Waals surface area contributed by atoms with Crippen LogP contribution in [0.25, 0.3) is 5.69 Å². The van der Waals surface area contributed by atoms with E-state index >= 15 is 0 Å². The Morgan fingerprint density at radius 3 is 2.69 bits per heavy atom. The minimum Gasteiger partial charge on any atom is -0.356 e. The minimum atomic E-state index is 0. The molecule has 0 spiro atoms. The topological polar surface area (TPSA) is 54.2 Å². The number of nitrogens with zero attached hydrogens (tertiary/aromatic N) is 3. The summed E-state index contributed by atoms with van der Waals surface area (Å²) in [5.74, 6) is 1.23. The van der Waals surface area contributed by atoms with E-state index in [0.29, 0.717) is 12.5 Å². The van der Waals surface area contributed by atoms with Gasteiger partial charge in [0, 0.05) is 19.8 Å². The second-order valence-corrected chi connectivity index (χ2v) is 6.63. The highest BCUT2D eigenvalue weighted by atomic mass is 127. The first-order chi connectivity index (χ1) is 12.3. The van der Waals surface area contributed by atoms with Gasteiger partial charge in [-0.25, -0.2) is 4.68 Å². The Labute approximate surface area is 175 Å². The van der Waals surface area contributed by atoms with Gasteiger partial charge in [0.05, 0.1) is 17.9 Å². The number of rotatable bonds is 6. The largest absolute Gasteiger partial charge is 0.356 e. The molecule has 2 heterocycles. The van der Waals surface area contributed by atoms with Crippen LogP contribution >= 0.6 is 35.3 Å². The van der Waals surface area contributed by atoms with Crippen LogP contribution in [0.5, 0.6) is 0 Å². The van der Waals surface area contributed by atoms with E-state index in [-0.39, 0.29) is 24.0 Å². The average molecular weight is 481 g/mol. The van der Waals surface area contributed by atoms with Crippen LogP contribution in [0.1, 0.15) is 24.1 Å². The van der Waals surface area contributed by atoms with Crippen molar-refractivity contribution >= 4 is 41.3 Å². The molecule has 0 aliphatic heterocycles. The number of halogens is 1. The lowest BCUT2D eigenvalue weighted by Crippen LogP contribution is -2.38. The van der Waals surface area contributed by atoms with Crippen LogP contribution < -0.4 is 10.6 Å². The highest BCUT2D eigenvalue weighted by Crippen LogP contribution is 2.17. The van der Waals surface area contributed by atoms with Crippen LogP contribution in [0.3, 0.4) is 0 Å². The molecule has 138 valence electrons. The zero-order valence-electron chi connectivity index (χ0n) is 14.9. The monoisotopic (exact) mass is 481 g/mol. The molecule has 0 fully saturated rings. The predicted octanol–water partition coefficient (Wildman–Crippen LogP) is 4.02. The van der Waals surface area contributed by atoms with Crippen molar-refractivity contribution in [1.29, 1.82) is 0 Å². The highest BCUT2D eigenvalue weighted by Gasteiger charge is 2.07. The molecule has 2 aromatic heterocycles. The van der Waals surface area contributed by atoms with Gasteiger partial charge < -0.3 is 10.6 Å². The summed E-state index contributed by atoms with van der Waals surface area (Å²) >= 11 is 1.73. The maximum Gasteiger partial charge on any atom is 0.191 e. The summed E-state index contributed by atoms with van der Waals surface area (Å²) in [6.45, 7) is 3.69. The molecule has 3 rings (SSSR count). The maximum absolute atomic E-state index is 4.60. The van der Waals surface area contributed by atoms with Crippen molar-refractivity contribution in [2.45, 2.75) is 19.4 Å². The van der Waals surface area contributed by atoms with Gasteiger partial charge in [-0.2, -0.15) is 16.4 Å². The van der Waals surface area contributed by atoms with Crippen molar-refractivity contribution in [3.8, 4) is 5.69 Å². The third kappa shape index (κ3) is 5.57. The Hall–Kier alpha value is -1.87. The van der Waals surface area contributed by atoms with Crippen molar-refractivity contribution in [3.05, 3.63) is 70.7 Å². The van der Waals surface area contributed by atoms with Crippen LogP contribution in [0.4, 0.5) is 0 Å². The molecule has 1 aromatic carbocycles. The molecule has 26 heavy (non-hydrogen) atoms. The third-order valence-corrected chi connectivity index (χ3v) is 4.71. The van der Waals surface area contributed by atoms with Gasteiger partial charge in [-0.15, -0.1) is 24.0 Å². The molecule has 1 unspecified atom stereocenters. The molecule has 0 saturated carbocycles. The number of guanidine groups is 1. The summed E-state index contributed by atoms with van der Waals surface area (Å²) in [6, 6.07) is 14.3. The summed E-state index contributed by atoms with van der Waals surface area (Å²) in [6.07, 6.45) is 1.97. The molecule has 2 N–H and O–H groups in total. The van der Waals surface area contributed by atoms with E-state index in [0.717, 1.165) is 23.9 Å². The Morgan fingerprint density at radius 2 is 2.00 bits per heavy atom. The van der Waals surface area contributed by atoms with Crippen LogP contribution in [0, 0.1) is 0 Å². The lowest BCUT2D eigenvalue weighted by atomic mass is 10.1. The lowest BCUT2D eigenvalue weighted by molar-refractivity contribution is 0.696. The lowest BCUT2D eigenvalue weighted by Gasteiger charge is -2.15. The number of nitrogens with one attached hydrogen (secondary N) is 2. The number of thiophene rings is 1. The van der Waals surface area contributed by atoms with Crippen LogP contribution in [-0.2, 0) is 6.54 Å². The van der Waals surface area contributed by atoms with Gasteiger partial charge in [0.15, 0.2) is 5.96 Å². The molecule has 0 amide bonds. The van der Waals surface area contributed by atoms with E-state index in [1.54, 1.807) is 18.4 Å². The van der Waals surface area contributed by atoms with Gasteiger partial charge >= 0.3 is 0 Å². The van der Waals surface area contributed by atoms with Crippen LogP contribution in [-0.4, -0.2) is 29.3 Å². The van der Waals surface area contributed by atoms with E-state index in [2.05, 4.69) is 44.5 Å². The molecule has 7 heteroatoms. The average Bonchev–Trinajstić information content (AvgIpc) is 3.34. The molecule has 3 aromatic rings. The van der Waals surface area contributed by atoms with Gasteiger partial charge in [-0.3, -0.25) is 4.99 Å². The number of hydrogen-bond donors (Lipinski definition) is 2. The summed E-state index contributed by atoms with van der Waals surface area (Å²) in [7, 11) is 1.78. The van der Waals surface area contributed by atoms with Crippen molar-refractivity contribution in [1.82, 2.24) is 20.4 Å². The van der Waals surface area contributed by atoms with Crippen molar-refractivity contribution in [2.24, 2.45) is 4.99 Å². The van der Waals surface area contributed by atoms with Gasteiger partial charge in [-0.05, 0) is 46.5 Å². The number of para-hydroxylation sites is 1. The molecule has 0 radical (unpaired) electrons. The smallest absolute Gasteiger partial charge is 0.191 e. The van der Waals surface area contributed by atoms with E-state index in [1.165, 1.54) is 5.56 Å². The SMILES string of the molecule is CN=C(NCc1ccn(-c2ccccc2)n1)NCC(C)c1ccsc1.I. The quantitative estimate of drug-likeness (QED) is 0.318. The molecular weight excluding hydrogens is 457 g/mol. The first-order valence-electron chi connectivity index (χ1n) is 8.33. The molecule has 0 saturated heterocycles. The van der Waals surface area contributed by atoms with E-state index < -0.39 is 0 Å². The van der Waals surface area contributed by atoms with Crippen molar-refractivity contribution in [3.63, 3.8) is 0 Å². The number of aromatic nitrogens is 2. The molecule has 0 aliphatic rings. The Morgan fingerprint density at radius 1 is 1.19 bits per heavy atom. The molecule has 0 aliphatic carbocycles. The van der Waals surface area contributed by atoms with Crippen LogP contribution in [0.2, 0.25) is 0 Å². The zero-order valence-corrected chi connectivity index (χ0v) is 18.1. The summed E-state index contributed by atoms with van der Waals surface area (Å²) in [5.41, 5.74) is 3.38. The Balaban J connectivity index is 0.00000243. The standard InChI is InChI=1S/C19H23N5S.HI/c1-15(16-9-11-25-14-16)12-21-19(20-2)22-13-17-8-10-24(23-17)18-6-4-3-5-7-18;/h3-11,14-15H,12-13H2,1-2H3,(H2,20,21,22);1H. The van der Waals surface area contributed by atoms with Crippen LogP contribution in [0.15, 0.2) is 64.4 Å². The maximum atomic E-state index is 4.60. The van der Waals surface area contributed by atoms with Gasteiger partial charge in [0.25, 0.3) is 0 Å². The zero-order chi connectivity index (χ0) is 17.5. The number of benzene rings is 1. The van der Waals surface area contributed by atoms with E-state index in [9.17, 15) is 0 Å². The summed E-state index contributed by atoms with van der Waals surface area (Å²) < 4.78 is 1.88. The molecular formula is C19H24IN5S. The highest BCUT2D eigenvalue weighted by molar-refractivity contribution is 14.0. The Bertz CT molecular complexity index is 798. The second-order valence-electron chi connectivity index (χ2n) is 5.85. The van der Waals surface area contributed by atoms with Gasteiger partial charge in [0.2, 0.25) is 0 Å². The summed E-state index contributed by atoms with van der Waals surface area (Å²) in [5, 5.41) is 15.6. The molecule has 5 nitrogen and oxygen atoms in total. The number of hydrogen-bond acceptors (Lipinski definition) is 3. The van der Waals surface area contributed by atoms with Gasteiger partial charge in [-0.1, -0.05) is 25.1 Å². The first-order valence-corrected chi connectivity index (χ1v) is 9.27. The normalized spacial score (nSPS) is 12.3. The third-order valence-electron chi connectivity index (χ3n) is 4.01. The van der Waals surface area contributed by atoms with Crippen molar-refractivity contribution < 1.29 is 0 Å². The van der Waals surface area contributed by atoms with E-state index in [4.69, 9.17) is 0 Å². The fourth-order valence-electron chi connectivity index (χ4n) is 2.50. The fraction of sp³-hybridized carbons (Fsp3) is 0.263. The predicted molar refractivity (Wildman–Crippen MR) is 120 cm³/mol. The van der Waals surface area contributed by atoms with Gasteiger partial charge in [0.1, 0.15) is 0 Å². The van der Waals surface area contributed by atoms with Crippen molar-refractivity contribution in [2.75, 3.05) is 13.6 Å². The molecule has 1 atom stereocenters. The summed E-state index contributed by atoms with van der Waals surface area (Å²) in [4.78, 5) is 4.28. The minimum absolute atomic E-state index is 0.